The molecule has 0 saturated carbocycles. The van der Waals surface area contributed by atoms with E-state index in [-0.39, 0.29) is 23.7 Å². The second kappa shape index (κ2) is 6.83. The van der Waals surface area contributed by atoms with E-state index in [0.717, 1.165) is 0 Å². The number of hydrogen-bond donors (Lipinski definition) is 2. The number of benzene rings is 1. The molecule has 0 aliphatic heterocycles. The molecule has 6 nitrogen and oxygen atoms in total. The first kappa shape index (κ1) is 15.1. The molecule has 8 heteroatoms. The summed E-state index contributed by atoms with van der Waals surface area (Å²) in [6.45, 7) is 1.42. The summed E-state index contributed by atoms with van der Waals surface area (Å²) in [4.78, 5) is 10.3. The third-order valence-corrected chi connectivity index (χ3v) is 2.27. The molecule has 2 N–H and O–H groups in total. The highest BCUT2D eigenvalue weighted by molar-refractivity contribution is 5.68. The van der Waals surface area contributed by atoms with Gasteiger partial charge in [-0.15, -0.1) is 0 Å². The molecule has 0 aliphatic carbocycles. The van der Waals surface area contributed by atoms with Crippen molar-refractivity contribution in [2.75, 3.05) is 18.5 Å². The molecule has 1 rings (SSSR count). The van der Waals surface area contributed by atoms with Crippen LogP contribution >= 0.6 is 0 Å². The van der Waals surface area contributed by atoms with Gasteiger partial charge in [-0.2, -0.15) is 0 Å². The molecule has 0 spiro atoms. The summed E-state index contributed by atoms with van der Waals surface area (Å²) < 4.78 is 29.4. The van der Waals surface area contributed by atoms with Crippen molar-refractivity contribution in [3.8, 4) is 5.75 Å². The number of aliphatic hydroxyl groups excluding tert-OH is 1. The van der Waals surface area contributed by atoms with E-state index in [9.17, 15) is 18.9 Å². The predicted octanol–water partition coefficient (Wildman–Crippen LogP) is 2.03. The number of alkyl halides is 2. The topological polar surface area (TPSA) is 84.6 Å². The molecule has 0 saturated heterocycles. The third kappa shape index (κ3) is 4.02. The van der Waals surface area contributed by atoms with Crippen molar-refractivity contribution in [2.24, 2.45) is 0 Å². The first-order valence-electron chi connectivity index (χ1n) is 5.57. The van der Waals surface area contributed by atoms with Crippen molar-refractivity contribution in [3.05, 3.63) is 28.3 Å². The molecule has 0 bridgehead atoms. The van der Waals surface area contributed by atoms with Gasteiger partial charge in [0.25, 0.3) is 6.43 Å². The van der Waals surface area contributed by atoms with Crippen LogP contribution in [-0.4, -0.2) is 35.7 Å². The quantitative estimate of drug-likeness (QED) is 0.588. The Morgan fingerprint density at radius 2 is 2.21 bits per heavy atom. The lowest BCUT2D eigenvalue weighted by Gasteiger charge is -2.13. The van der Waals surface area contributed by atoms with Crippen LogP contribution in [0.2, 0.25) is 0 Å². The Morgan fingerprint density at radius 3 is 2.74 bits per heavy atom. The zero-order valence-corrected chi connectivity index (χ0v) is 10.2. The molecule has 0 aliphatic rings. The Bertz CT molecular complexity index is 443. The average Bonchev–Trinajstić information content (AvgIpc) is 2.35. The van der Waals surface area contributed by atoms with Crippen molar-refractivity contribution in [1.82, 2.24) is 0 Å². The molecule has 0 aromatic heterocycles. The summed E-state index contributed by atoms with van der Waals surface area (Å²) in [6.07, 6.45) is -4.81. The average molecular weight is 276 g/mol. The highest BCUT2D eigenvalue weighted by Gasteiger charge is 2.23. The summed E-state index contributed by atoms with van der Waals surface area (Å²) in [6, 6.07) is 4.27. The zero-order chi connectivity index (χ0) is 14.4. The summed E-state index contributed by atoms with van der Waals surface area (Å²) in [7, 11) is 0. The number of anilines is 1. The normalized spacial score (nSPS) is 12.3. The summed E-state index contributed by atoms with van der Waals surface area (Å²) >= 11 is 0. The maximum atomic E-state index is 12.1. The van der Waals surface area contributed by atoms with Crippen molar-refractivity contribution in [2.45, 2.75) is 19.5 Å². The van der Waals surface area contributed by atoms with Crippen molar-refractivity contribution < 1.29 is 23.5 Å². The number of halogens is 2. The lowest BCUT2D eigenvalue weighted by molar-refractivity contribution is -0.384. The Kier molecular flexibility index (Phi) is 5.43. The molecule has 1 atom stereocenters. The minimum Gasteiger partial charge on any atom is -0.487 e. The van der Waals surface area contributed by atoms with Crippen LogP contribution < -0.4 is 10.1 Å². The van der Waals surface area contributed by atoms with Gasteiger partial charge < -0.3 is 15.2 Å². The molecule has 19 heavy (non-hydrogen) atoms. The Hall–Kier alpha value is -1.96. The van der Waals surface area contributed by atoms with Gasteiger partial charge in [0.1, 0.15) is 11.8 Å². The number of para-hydroxylation sites is 1. The van der Waals surface area contributed by atoms with Gasteiger partial charge in [-0.05, 0) is 19.1 Å². The van der Waals surface area contributed by atoms with E-state index < -0.39 is 24.0 Å². The number of nitro benzene ring substituents is 1. The minimum absolute atomic E-state index is 0.0238. The van der Waals surface area contributed by atoms with E-state index in [0.29, 0.717) is 0 Å². The van der Waals surface area contributed by atoms with Crippen molar-refractivity contribution in [3.63, 3.8) is 0 Å². The molecule has 0 amide bonds. The summed E-state index contributed by atoms with van der Waals surface area (Å²) in [5, 5.41) is 22.4. The fraction of sp³-hybridized carbons (Fsp3) is 0.455. The highest BCUT2D eigenvalue weighted by Crippen LogP contribution is 2.34. The minimum atomic E-state index is -2.92. The van der Waals surface area contributed by atoms with Gasteiger partial charge in [-0.3, -0.25) is 10.1 Å². The maximum Gasteiger partial charge on any atom is 0.333 e. The molecular weight excluding hydrogens is 262 g/mol. The number of nitrogens with one attached hydrogen (secondary N) is 1. The van der Waals surface area contributed by atoms with Gasteiger partial charge in [0.2, 0.25) is 0 Å². The lowest BCUT2D eigenvalue weighted by Crippen LogP contribution is -2.27. The SMILES string of the molecule is CCOc1cccc(NCC(O)C(F)F)c1[N+](=O)[O-]. The maximum absolute atomic E-state index is 12.1. The number of nitro groups is 1. The molecule has 0 fully saturated rings. The second-order valence-corrected chi connectivity index (χ2v) is 3.63. The monoisotopic (exact) mass is 276 g/mol. The largest absolute Gasteiger partial charge is 0.487 e. The van der Waals surface area contributed by atoms with E-state index in [4.69, 9.17) is 9.84 Å². The van der Waals surface area contributed by atoms with Crippen LogP contribution in [-0.2, 0) is 0 Å². The van der Waals surface area contributed by atoms with Gasteiger partial charge in [0.15, 0.2) is 5.75 Å². The Balaban J connectivity index is 2.93. The Labute approximate surface area is 108 Å². The smallest absolute Gasteiger partial charge is 0.333 e. The molecule has 1 aromatic carbocycles. The van der Waals surface area contributed by atoms with Crippen LogP contribution in [0.1, 0.15) is 6.92 Å². The molecule has 0 heterocycles. The fourth-order valence-corrected chi connectivity index (χ4v) is 1.43. The van der Waals surface area contributed by atoms with Crippen molar-refractivity contribution in [1.29, 1.82) is 0 Å². The Morgan fingerprint density at radius 1 is 1.53 bits per heavy atom. The number of ether oxygens (including phenoxy) is 1. The fourth-order valence-electron chi connectivity index (χ4n) is 1.43. The zero-order valence-electron chi connectivity index (χ0n) is 10.2. The number of rotatable bonds is 7. The van der Waals surface area contributed by atoms with E-state index in [2.05, 4.69) is 5.32 Å². The number of nitrogens with zero attached hydrogens (tertiary/aromatic N) is 1. The molecule has 1 unspecified atom stereocenters. The first-order chi connectivity index (χ1) is 8.97. The van der Waals surface area contributed by atoms with E-state index >= 15 is 0 Å². The van der Waals surface area contributed by atoms with Gasteiger partial charge >= 0.3 is 5.69 Å². The molecule has 1 aromatic rings. The standard InChI is InChI=1S/C11H14F2N2O4/c1-2-19-9-5-3-4-7(10(9)15(17)18)14-6-8(16)11(12)13/h3-5,8,11,14,16H,2,6H2,1H3. The van der Waals surface area contributed by atoms with Crippen LogP contribution in [0.4, 0.5) is 20.2 Å². The summed E-state index contributed by atoms with van der Waals surface area (Å²) in [5.41, 5.74) is -0.318. The van der Waals surface area contributed by atoms with Gasteiger partial charge in [-0.1, -0.05) is 6.07 Å². The van der Waals surface area contributed by atoms with Crippen molar-refractivity contribution >= 4 is 11.4 Å². The number of hydrogen-bond acceptors (Lipinski definition) is 5. The van der Waals surface area contributed by atoms with E-state index in [1.54, 1.807) is 6.92 Å². The first-order valence-corrected chi connectivity index (χ1v) is 5.57. The molecular formula is C11H14F2N2O4. The second-order valence-electron chi connectivity index (χ2n) is 3.63. The lowest BCUT2D eigenvalue weighted by atomic mass is 10.2. The molecule has 0 radical (unpaired) electrons. The molecule has 106 valence electrons. The summed E-state index contributed by atoms with van der Waals surface area (Å²) in [5.74, 6) is 0.0454. The predicted molar refractivity (Wildman–Crippen MR) is 64.8 cm³/mol. The van der Waals surface area contributed by atoms with Gasteiger partial charge in [0, 0.05) is 6.54 Å². The number of aliphatic hydroxyl groups is 1. The van der Waals surface area contributed by atoms with E-state index in [1.807, 2.05) is 0 Å². The van der Waals surface area contributed by atoms with Crippen LogP contribution in [0.5, 0.6) is 5.75 Å². The van der Waals surface area contributed by atoms with Gasteiger partial charge in [0.05, 0.1) is 11.5 Å². The third-order valence-electron chi connectivity index (χ3n) is 2.27. The van der Waals surface area contributed by atoms with Crippen LogP contribution in [0.3, 0.4) is 0 Å². The van der Waals surface area contributed by atoms with Crippen LogP contribution in [0, 0.1) is 10.1 Å². The van der Waals surface area contributed by atoms with Gasteiger partial charge in [-0.25, -0.2) is 8.78 Å². The van der Waals surface area contributed by atoms with E-state index in [1.165, 1.54) is 18.2 Å². The highest BCUT2D eigenvalue weighted by atomic mass is 19.3. The van der Waals surface area contributed by atoms with Crippen LogP contribution in [0.25, 0.3) is 0 Å². The van der Waals surface area contributed by atoms with Crippen LogP contribution in [0.15, 0.2) is 18.2 Å².